The second-order valence-electron chi connectivity index (χ2n) is 4.13. The van der Waals surface area contributed by atoms with Crippen molar-refractivity contribution in [3.63, 3.8) is 0 Å². The molecule has 1 aliphatic rings. The molecule has 84 valence electrons. The lowest BCUT2D eigenvalue weighted by Crippen LogP contribution is -2.37. The lowest BCUT2D eigenvalue weighted by Gasteiger charge is -2.26. The molecule has 0 aliphatic carbocycles. The molecule has 1 aromatic heterocycles. The first-order valence-electron chi connectivity index (χ1n) is 5.08. The Morgan fingerprint density at radius 3 is 2.93 bits per heavy atom. The van der Waals surface area contributed by atoms with E-state index in [-0.39, 0.29) is 0 Å². The molecule has 0 spiro atoms. The van der Waals surface area contributed by atoms with Crippen molar-refractivity contribution >= 4 is 29.1 Å². The Hall–Kier alpha value is -0.390. The van der Waals surface area contributed by atoms with E-state index in [9.17, 15) is 0 Å². The fourth-order valence-corrected chi connectivity index (χ4v) is 2.83. The minimum atomic E-state index is 0.529. The van der Waals surface area contributed by atoms with Crippen LogP contribution in [-0.2, 0) is 0 Å². The molecule has 4 nitrogen and oxygen atoms in total. The molecule has 1 fully saturated rings. The molecule has 2 rings (SSSR count). The molecule has 0 saturated carbocycles. The van der Waals surface area contributed by atoms with Gasteiger partial charge in [-0.3, -0.25) is 0 Å². The van der Waals surface area contributed by atoms with Crippen LogP contribution in [0.5, 0.6) is 0 Å². The van der Waals surface area contributed by atoms with Crippen LogP contribution < -0.4 is 4.90 Å². The Labute approximate surface area is 99.2 Å². The van der Waals surface area contributed by atoms with Gasteiger partial charge in [-0.25, -0.2) is 0 Å². The first-order valence-corrected chi connectivity index (χ1v) is 6.18. The van der Waals surface area contributed by atoms with Crippen LogP contribution in [0.4, 0.5) is 5.82 Å². The molecule has 1 aromatic rings. The SMILES string of the molecule is CN(C)CC1CCCN1c1nsnc1Cl. The zero-order chi connectivity index (χ0) is 10.8. The molecule has 6 heteroatoms. The minimum Gasteiger partial charge on any atom is -0.349 e. The van der Waals surface area contributed by atoms with Crippen molar-refractivity contribution in [2.24, 2.45) is 0 Å². The molecular weight excluding hydrogens is 232 g/mol. The van der Waals surface area contributed by atoms with Crippen LogP contribution in [-0.4, -0.2) is 46.9 Å². The third-order valence-electron chi connectivity index (χ3n) is 2.66. The summed E-state index contributed by atoms with van der Waals surface area (Å²) in [6.07, 6.45) is 2.43. The number of hydrogen-bond donors (Lipinski definition) is 0. The Morgan fingerprint density at radius 2 is 2.33 bits per heavy atom. The largest absolute Gasteiger partial charge is 0.349 e. The van der Waals surface area contributed by atoms with E-state index in [0.29, 0.717) is 11.2 Å². The van der Waals surface area contributed by atoms with Gasteiger partial charge in [0.15, 0.2) is 11.0 Å². The maximum absolute atomic E-state index is 6.00. The van der Waals surface area contributed by atoms with Gasteiger partial charge in [0, 0.05) is 19.1 Å². The van der Waals surface area contributed by atoms with Gasteiger partial charge >= 0.3 is 0 Å². The molecule has 1 saturated heterocycles. The van der Waals surface area contributed by atoms with Crippen molar-refractivity contribution < 1.29 is 0 Å². The molecule has 2 heterocycles. The molecule has 1 unspecified atom stereocenters. The second kappa shape index (κ2) is 4.63. The van der Waals surface area contributed by atoms with E-state index >= 15 is 0 Å². The van der Waals surface area contributed by atoms with E-state index < -0.39 is 0 Å². The van der Waals surface area contributed by atoms with Gasteiger partial charge in [-0.05, 0) is 26.9 Å². The molecule has 1 aliphatic heterocycles. The highest BCUT2D eigenvalue weighted by Gasteiger charge is 2.28. The number of hydrogen-bond acceptors (Lipinski definition) is 5. The molecular formula is C9H15ClN4S. The van der Waals surface area contributed by atoms with Gasteiger partial charge in [-0.2, -0.15) is 8.75 Å². The first-order chi connectivity index (χ1) is 7.18. The third kappa shape index (κ3) is 2.41. The number of likely N-dealkylation sites (N-methyl/N-ethyl adjacent to an activating group) is 1. The van der Waals surface area contributed by atoms with Gasteiger partial charge in [-0.15, -0.1) is 0 Å². The maximum Gasteiger partial charge on any atom is 0.187 e. The second-order valence-corrected chi connectivity index (χ2v) is 5.02. The van der Waals surface area contributed by atoms with Crippen LogP contribution in [0.15, 0.2) is 0 Å². The van der Waals surface area contributed by atoms with Crippen molar-refractivity contribution in [3.05, 3.63) is 5.15 Å². The van der Waals surface area contributed by atoms with Crippen molar-refractivity contribution in [1.29, 1.82) is 0 Å². The smallest absolute Gasteiger partial charge is 0.187 e. The van der Waals surface area contributed by atoms with Crippen LogP contribution >= 0.6 is 23.3 Å². The highest BCUT2D eigenvalue weighted by molar-refractivity contribution is 6.99. The van der Waals surface area contributed by atoms with Gasteiger partial charge in [0.1, 0.15) is 0 Å². The van der Waals surface area contributed by atoms with Crippen LogP contribution in [0.2, 0.25) is 5.15 Å². The molecule has 15 heavy (non-hydrogen) atoms. The Balaban J connectivity index is 2.11. The maximum atomic E-state index is 6.00. The topological polar surface area (TPSA) is 32.3 Å². The Morgan fingerprint density at radius 1 is 1.53 bits per heavy atom. The van der Waals surface area contributed by atoms with Crippen molar-refractivity contribution in [2.45, 2.75) is 18.9 Å². The molecule has 0 aromatic carbocycles. The highest BCUT2D eigenvalue weighted by atomic mass is 35.5. The van der Waals surface area contributed by atoms with E-state index in [0.717, 1.165) is 18.9 Å². The summed E-state index contributed by atoms with van der Waals surface area (Å²) in [7, 11) is 4.19. The van der Waals surface area contributed by atoms with Crippen LogP contribution in [0, 0.1) is 0 Å². The van der Waals surface area contributed by atoms with Crippen LogP contribution in [0.3, 0.4) is 0 Å². The molecule has 0 radical (unpaired) electrons. The summed E-state index contributed by atoms with van der Waals surface area (Å²) in [4.78, 5) is 4.49. The Bertz CT molecular complexity index is 328. The van der Waals surface area contributed by atoms with Crippen molar-refractivity contribution in [3.8, 4) is 0 Å². The van der Waals surface area contributed by atoms with Crippen LogP contribution in [0.1, 0.15) is 12.8 Å². The summed E-state index contributed by atoms with van der Waals surface area (Å²) < 4.78 is 8.28. The molecule has 1 atom stereocenters. The number of halogens is 1. The zero-order valence-electron chi connectivity index (χ0n) is 8.98. The van der Waals surface area contributed by atoms with Gasteiger partial charge in [0.25, 0.3) is 0 Å². The standard InChI is InChI=1S/C9H15ClN4S/c1-13(2)6-7-4-3-5-14(7)9-8(10)11-15-12-9/h7H,3-6H2,1-2H3. The van der Waals surface area contributed by atoms with Crippen LogP contribution in [0.25, 0.3) is 0 Å². The number of anilines is 1. The van der Waals surface area contributed by atoms with Gasteiger partial charge in [0.05, 0.1) is 11.7 Å². The predicted octanol–water partition coefficient (Wildman–Crippen LogP) is 1.72. The van der Waals surface area contributed by atoms with Crippen molar-refractivity contribution in [1.82, 2.24) is 13.6 Å². The quantitative estimate of drug-likeness (QED) is 0.813. The Kier molecular flexibility index (Phi) is 3.43. The highest BCUT2D eigenvalue weighted by Crippen LogP contribution is 2.29. The summed E-state index contributed by atoms with van der Waals surface area (Å²) in [5, 5.41) is 0.547. The number of rotatable bonds is 3. The fraction of sp³-hybridized carbons (Fsp3) is 0.778. The summed E-state index contributed by atoms with van der Waals surface area (Å²) in [5.74, 6) is 0.867. The zero-order valence-corrected chi connectivity index (χ0v) is 10.6. The van der Waals surface area contributed by atoms with E-state index in [1.165, 1.54) is 24.6 Å². The normalized spacial score (nSPS) is 21.6. The van der Waals surface area contributed by atoms with Gasteiger partial charge < -0.3 is 9.80 Å². The monoisotopic (exact) mass is 246 g/mol. The average molecular weight is 247 g/mol. The third-order valence-corrected chi connectivity index (χ3v) is 3.53. The fourth-order valence-electron chi connectivity index (χ4n) is 2.07. The van der Waals surface area contributed by atoms with Gasteiger partial charge in [0.2, 0.25) is 0 Å². The first kappa shape index (κ1) is 11.1. The summed E-state index contributed by atoms with van der Waals surface area (Å²) >= 11 is 7.19. The average Bonchev–Trinajstić information content (AvgIpc) is 2.73. The van der Waals surface area contributed by atoms with E-state index in [4.69, 9.17) is 11.6 Å². The molecule has 0 N–H and O–H groups in total. The lowest BCUT2D eigenvalue weighted by atomic mass is 10.2. The number of aromatic nitrogens is 2. The summed E-state index contributed by atoms with van der Waals surface area (Å²) in [5.41, 5.74) is 0. The van der Waals surface area contributed by atoms with Gasteiger partial charge in [-0.1, -0.05) is 11.6 Å². The van der Waals surface area contributed by atoms with E-state index in [2.05, 4.69) is 32.6 Å². The minimum absolute atomic E-state index is 0.529. The molecule has 0 bridgehead atoms. The predicted molar refractivity (Wildman–Crippen MR) is 63.8 cm³/mol. The molecule has 0 amide bonds. The van der Waals surface area contributed by atoms with Crippen molar-refractivity contribution in [2.75, 3.05) is 32.1 Å². The van der Waals surface area contributed by atoms with E-state index in [1.807, 2.05) is 0 Å². The lowest BCUT2D eigenvalue weighted by molar-refractivity contribution is 0.371. The van der Waals surface area contributed by atoms with E-state index in [1.54, 1.807) is 0 Å². The summed E-state index contributed by atoms with van der Waals surface area (Å²) in [6.45, 7) is 2.09. The summed E-state index contributed by atoms with van der Waals surface area (Å²) in [6, 6.07) is 0.529. The number of nitrogens with zero attached hydrogens (tertiary/aromatic N) is 4.